The first-order valence-corrected chi connectivity index (χ1v) is 7.50. The molecule has 0 aliphatic heterocycles. The van der Waals surface area contributed by atoms with Crippen molar-refractivity contribution in [3.8, 4) is 0 Å². The number of hydrogen-bond donors (Lipinski definition) is 2. The highest BCUT2D eigenvalue weighted by atomic mass is 16.4. The SMILES string of the molecule is CCn1c(C)cc(C(=O)NCC(C)(O)c2ccc(C)o2)c1C. The molecule has 2 aromatic heterocycles. The molecule has 2 rings (SSSR count). The molecule has 0 aromatic carbocycles. The van der Waals surface area contributed by atoms with Crippen molar-refractivity contribution in [3.63, 3.8) is 0 Å². The quantitative estimate of drug-likeness (QED) is 0.892. The van der Waals surface area contributed by atoms with Crippen LogP contribution in [0.4, 0.5) is 0 Å². The van der Waals surface area contributed by atoms with E-state index in [1.54, 1.807) is 19.1 Å². The lowest BCUT2D eigenvalue weighted by Crippen LogP contribution is -2.38. The van der Waals surface area contributed by atoms with Gasteiger partial charge in [0.05, 0.1) is 12.1 Å². The zero-order valence-corrected chi connectivity index (χ0v) is 13.9. The first-order valence-electron chi connectivity index (χ1n) is 7.50. The summed E-state index contributed by atoms with van der Waals surface area (Å²) in [5, 5.41) is 13.2. The maximum absolute atomic E-state index is 12.4. The molecule has 0 aliphatic carbocycles. The second-order valence-electron chi connectivity index (χ2n) is 5.90. The van der Waals surface area contributed by atoms with Crippen molar-refractivity contribution < 1.29 is 14.3 Å². The van der Waals surface area contributed by atoms with Crippen LogP contribution in [0.5, 0.6) is 0 Å². The monoisotopic (exact) mass is 304 g/mol. The third kappa shape index (κ3) is 3.09. The van der Waals surface area contributed by atoms with E-state index in [4.69, 9.17) is 4.42 Å². The average molecular weight is 304 g/mol. The standard InChI is InChI=1S/C17H24N2O3/c1-6-19-11(2)9-14(13(19)4)16(20)18-10-17(5,21)15-8-7-12(3)22-15/h7-9,21H,6,10H2,1-5H3,(H,18,20). The molecule has 5 heteroatoms. The number of rotatable bonds is 5. The molecule has 0 saturated carbocycles. The Kier molecular flexibility index (Phi) is 4.47. The van der Waals surface area contributed by atoms with Crippen LogP contribution in [-0.2, 0) is 12.1 Å². The first-order chi connectivity index (χ1) is 10.3. The molecule has 0 saturated heterocycles. The highest BCUT2D eigenvalue weighted by Crippen LogP contribution is 2.22. The van der Waals surface area contributed by atoms with E-state index in [-0.39, 0.29) is 12.5 Å². The first kappa shape index (κ1) is 16.4. The Hall–Kier alpha value is -2.01. The Morgan fingerprint density at radius 1 is 1.36 bits per heavy atom. The summed E-state index contributed by atoms with van der Waals surface area (Å²) in [7, 11) is 0. The fourth-order valence-electron chi connectivity index (χ4n) is 2.68. The molecular formula is C17H24N2O3. The molecule has 0 spiro atoms. The molecule has 1 amide bonds. The molecule has 1 atom stereocenters. The van der Waals surface area contributed by atoms with Gasteiger partial charge >= 0.3 is 0 Å². The van der Waals surface area contributed by atoms with Crippen LogP contribution in [0.25, 0.3) is 0 Å². The summed E-state index contributed by atoms with van der Waals surface area (Å²) in [6, 6.07) is 5.39. The van der Waals surface area contributed by atoms with Crippen LogP contribution in [0.2, 0.25) is 0 Å². The summed E-state index contributed by atoms with van der Waals surface area (Å²) < 4.78 is 7.53. The van der Waals surface area contributed by atoms with Gasteiger partial charge in [-0.1, -0.05) is 0 Å². The van der Waals surface area contributed by atoms with E-state index in [1.165, 1.54) is 0 Å². The third-order valence-electron chi connectivity index (χ3n) is 4.00. The highest BCUT2D eigenvalue weighted by Gasteiger charge is 2.28. The molecule has 22 heavy (non-hydrogen) atoms. The summed E-state index contributed by atoms with van der Waals surface area (Å²) >= 11 is 0. The Morgan fingerprint density at radius 2 is 2.05 bits per heavy atom. The van der Waals surface area contributed by atoms with Crippen molar-refractivity contribution >= 4 is 5.91 Å². The fourth-order valence-corrected chi connectivity index (χ4v) is 2.68. The minimum Gasteiger partial charge on any atom is -0.463 e. The average Bonchev–Trinajstić information content (AvgIpc) is 3.01. The Bertz CT molecular complexity index is 680. The van der Waals surface area contributed by atoms with Crippen molar-refractivity contribution in [1.29, 1.82) is 0 Å². The summed E-state index contributed by atoms with van der Waals surface area (Å²) in [5.74, 6) is 0.994. The number of nitrogens with one attached hydrogen (secondary N) is 1. The zero-order valence-electron chi connectivity index (χ0n) is 13.9. The fraction of sp³-hybridized carbons (Fsp3) is 0.471. The molecule has 120 valence electrons. The van der Waals surface area contributed by atoms with Crippen LogP contribution in [0.3, 0.4) is 0 Å². The smallest absolute Gasteiger partial charge is 0.253 e. The Morgan fingerprint density at radius 3 is 2.55 bits per heavy atom. The van der Waals surface area contributed by atoms with Gasteiger partial charge in [-0.05, 0) is 52.8 Å². The predicted octanol–water partition coefficient (Wildman–Crippen LogP) is 2.66. The van der Waals surface area contributed by atoms with E-state index in [0.29, 0.717) is 11.3 Å². The number of aromatic nitrogens is 1. The van der Waals surface area contributed by atoms with E-state index in [9.17, 15) is 9.90 Å². The Balaban J connectivity index is 2.10. The van der Waals surface area contributed by atoms with E-state index in [1.807, 2.05) is 33.8 Å². The van der Waals surface area contributed by atoms with Crippen LogP contribution in [0.1, 0.15) is 47.1 Å². The largest absolute Gasteiger partial charge is 0.463 e. The summed E-state index contributed by atoms with van der Waals surface area (Å²) in [6.45, 7) is 10.3. The van der Waals surface area contributed by atoms with Crippen molar-refractivity contribution in [2.45, 2.75) is 46.8 Å². The number of aryl methyl sites for hydroxylation is 2. The highest BCUT2D eigenvalue weighted by molar-refractivity contribution is 5.95. The van der Waals surface area contributed by atoms with E-state index >= 15 is 0 Å². The number of carbonyl (C=O) groups excluding carboxylic acids is 1. The Labute approximate surface area is 130 Å². The molecule has 0 bridgehead atoms. The topological polar surface area (TPSA) is 67.4 Å². The maximum atomic E-state index is 12.4. The molecule has 2 N–H and O–H groups in total. The number of nitrogens with zero attached hydrogens (tertiary/aromatic N) is 1. The molecule has 1 unspecified atom stereocenters. The normalized spacial score (nSPS) is 13.9. The lowest BCUT2D eigenvalue weighted by molar-refractivity contribution is 0.0323. The number of amides is 1. The van der Waals surface area contributed by atoms with Crippen LogP contribution >= 0.6 is 0 Å². The molecule has 5 nitrogen and oxygen atoms in total. The minimum absolute atomic E-state index is 0.0918. The second kappa shape index (κ2) is 6.01. The van der Waals surface area contributed by atoms with Crippen LogP contribution in [0.15, 0.2) is 22.6 Å². The van der Waals surface area contributed by atoms with Gasteiger partial charge in [-0.15, -0.1) is 0 Å². The van der Waals surface area contributed by atoms with Gasteiger partial charge in [-0.2, -0.15) is 0 Å². The van der Waals surface area contributed by atoms with Crippen LogP contribution in [-0.4, -0.2) is 22.1 Å². The molecule has 2 heterocycles. The zero-order chi connectivity index (χ0) is 16.5. The van der Waals surface area contributed by atoms with E-state index < -0.39 is 5.60 Å². The second-order valence-corrected chi connectivity index (χ2v) is 5.90. The molecule has 0 radical (unpaired) electrons. The number of furan rings is 1. The van der Waals surface area contributed by atoms with Gasteiger partial charge < -0.3 is 19.4 Å². The summed E-state index contributed by atoms with van der Waals surface area (Å²) in [5.41, 5.74) is 1.40. The van der Waals surface area contributed by atoms with Gasteiger partial charge in [0.15, 0.2) is 0 Å². The summed E-state index contributed by atoms with van der Waals surface area (Å²) in [4.78, 5) is 12.4. The van der Waals surface area contributed by atoms with Crippen molar-refractivity contribution in [3.05, 3.63) is 46.7 Å². The van der Waals surface area contributed by atoms with E-state index in [0.717, 1.165) is 23.7 Å². The third-order valence-corrected chi connectivity index (χ3v) is 4.00. The maximum Gasteiger partial charge on any atom is 0.253 e. The molecule has 2 aromatic rings. The van der Waals surface area contributed by atoms with Crippen molar-refractivity contribution in [1.82, 2.24) is 9.88 Å². The predicted molar refractivity (Wildman–Crippen MR) is 84.9 cm³/mol. The van der Waals surface area contributed by atoms with Crippen molar-refractivity contribution in [2.75, 3.05) is 6.54 Å². The minimum atomic E-state index is -1.24. The molecular weight excluding hydrogens is 280 g/mol. The van der Waals surface area contributed by atoms with Gasteiger partial charge in [0.2, 0.25) is 0 Å². The lowest BCUT2D eigenvalue weighted by atomic mass is 10.0. The van der Waals surface area contributed by atoms with E-state index in [2.05, 4.69) is 9.88 Å². The van der Waals surface area contributed by atoms with Crippen LogP contribution in [0, 0.1) is 20.8 Å². The van der Waals surface area contributed by atoms with Crippen LogP contribution < -0.4 is 5.32 Å². The van der Waals surface area contributed by atoms with Gasteiger partial charge in [0, 0.05) is 17.9 Å². The van der Waals surface area contributed by atoms with Gasteiger partial charge in [0.25, 0.3) is 5.91 Å². The molecule has 0 aliphatic rings. The molecule has 0 fully saturated rings. The number of aliphatic hydroxyl groups is 1. The van der Waals surface area contributed by atoms with Gasteiger partial charge in [-0.25, -0.2) is 0 Å². The van der Waals surface area contributed by atoms with Crippen molar-refractivity contribution in [2.24, 2.45) is 0 Å². The van der Waals surface area contributed by atoms with Gasteiger partial charge in [0.1, 0.15) is 17.1 Å². The number of carbonyl (C=O) groups is 1. The van der Waals surface area contributed by atoms with Gasteiger partial charge in [-0.3, -0.25) is 4.79 Å². The number of hydrogen-bond acceptors (Lipinski definition) is 3. The summed E-state index contributed by atoms with van der Waals surface area (Å²) in [6.07, 6.45) is 0. The lowest BCUT2D eigenvalue weighted by Gasteiger charge is -2.21.